The molecule has 1 atom stereocenters. The summed E-state index contributed by atoms with van der Waals surface area (Å²) in [5.41, 5.74) is 1.08. The van der Waals surface area contributed by atoms with Crippen molar-refractivity contribution in [3.8, 4) is 0 Å². The predicted octanol–water partition coefficient (Wildman–Crippen LogP) is 2.49. The highest BCUT2D eigenvalue weighted by Crippen LogP contribution is 2.19. The molecule has 0 saturated carbocycles. The van der Waals surface area contributed by atoms with Gasteiger partial charge in [0.15, 0.2) is 0 Å². The number of nitrogens with zero attached hydrogens (tertiary/aromatic N) is 1. The summed E-state index contributed by atoms with van der Waals surface area (Å²) in [6.07, 6.45) is 0.819. The van der Waals surface area contributed by atoms with Gasteiger partial charge in [-0.15, -0.1) is 0 Å². The molecule has 0 saturated heterocycles. The largest absolute Gasteiger partial charge is 0.342 e. The molecule has 0 fully saturated rings. The number of rotatable bonds is 3. The van der Waals surface area contributed by atoms with Crippen LogP contribution in [-0.2, 0) is 4.79 Å². The van der Waals surface area contributed by atoms with Crippen LogP contribution >= 0.6 is 11.6 Å². The summed E-state index contributed by atoms with van der Waals surface area (Å²) < 4.78 is 0. The quantitative estimate of drug-likeness (QED) is 0.682. The second-order valence-corrected chi connectivity index (χ2v) is 3.43. The molecular formula is C10H12ClNO. The van der Waals surface area contributed by atoms with Crippen molar-refractivity contribution in [2.75, 3.05) is 7.05 Å². The summed E-state index contributed by atoms with van der Waals surface area (Å²) in [4.78, 5) is 12.1. The molecule has 0 aliphatic rings. The van der Waals surface area contributed by atoms with E-state index >= 15 is 0 Å². The van der Waals surface area contributed by atoms with Gasteiger partial charge in [-0.1, -0.05) is 23.7 Å². The van der Waals surface area contributed by atoms with Crippen molar-refractivity contribution in [2.45, 2.75) is 13.0 Å². The number of halogens is 1. The summed E-state index contributed by atoms with van der Waals surface area (Å²) >= 11 is 5.75. The Morgan fingerprint density at radius 2 is 1.92 bits per heavy atom. The lowest BCUT2D eigenvalue weighted by Gasteiger charge is -2.20. The van der Waals surface area contributed by atoms with Crippen LogP contribution in [0.15, 0.2) is 24.3 Å². The highest BCUT2D eigenvalue weighted by molar-refractivity contribution is 6.30. The van der Waals surface area contributed by atoms with Crippen LogP contribution in [0.5, 0.6) is 0 Å². The van der Waals surface area contributed by atoms with Crippen molar-refractivity contribution in [2.24, 2.45) is 0 Å². The van der Waals surface area contributed by atoms with E-state index in [0.717, 1.165) is 12.0 Å². The number of carbonyl (C=O) groups excluding carboxylic acids is 1. The number of carbonyl (C=O) groups is 1. The van der Waals surface area contributed by atoms with Gasteiger partial charge < -0.3 is 4.90 Å². The smallest absolute Gasteiger partial charge is 0.209 e. The Morgan fingerprint density at radius 1 is 1.38 bits per heavy atom. The first-order chi connectivity index (χ1) is 6.15. The van der Waals surface area contributed by atoms with E-state index in [1.807, 2.05) is 31.2 Å². The third kappa shape index (κ3) is 2.46. The Bertz CT molecular complexity index is 283. The first kappa shape index (κ1) is 10.1. The molecule has 1 aromatic rings. The molecule has 1 amide bonds. The average Bonchev–Trinajstić information content (AvgIpc) is 2.17. The van der Waals surface area contributed by atoms with E-state index in [9.17, 15) is 4.79 Å². The Labute approximate surface area is 83.1 Å². The van der Waals surface area contributed by atoms with Crippen molar-refractivity contribution in [1.82, 2.24) is 4.90 Å². The predicted molar refractivity (Wildman–Crippen MR) is 53.7 cm³/mol. The van der Waals surface area contributed by atoms with E-state index in [4.69, 9.17) is 11.6 Å². The maximum absolute atomic E-state index is 10.5. The van der Waals surface area contributed by atoms with Crippen LogP contribution in [-0.4, -0.2) is 18.4 Å². The van der Waals surface area contributed by atoms with Gasteiger partial charge in [0, 0.05) is 12.1 Å². The molecule has 0 aromatic heterocycles. The van der Waals surface area contributed by atoms with Crippen LogP contribution in [0.4, 0.5) is 0 Å². The van der Waals surface area contributed by atoms with Crippen molar-refractivity contribution in [3.05, 3.63) is 34.9 Å². The molecule has 1 aromatic carbocycles. The molecule has 3 heteroatoms. The fourth-order valence-corrected chi connectivity index (χ4v) is 1.19. The first-order valence-corrected chi connectivity index (χ1v) is 4.45. The molecule has 0 bridgehead atoms. The van der Waals surface area contributed by atoms with Gasteiger partial charge in [-0.2, -0.15) is 0 Å². The third-order valence-corrected chi connectivity index (χ3v) is 2.38. The summed E-state index contributed by atoms with van der Waals surface area (Å²) in [5, 5.41) is 0.713. The SMILES string of the molecule is CC(c1ccc(Cl)cc1)N(C)C=O. The van der Waals surface area contributed by atoms with Gasteiger partial charge in [-0.3, -0.25) is 4.79 Å². The topological polar surface area (TPSA) is 20.3 Å². The standard InChI is InChI=1S/C10H12ClNO/c1-8(12(2)7-13)9-3-5-10(11)6-4-9/h3-8H,1-2H3. The molecule has 1 rings (SSSR count). The first-order valence-electron chi connectivity index (χ1n) is 4.08. The average molecular weight is 198 g/mol. The highest BCUT2D eigenvalue weighted by Gasteiger charge is 2.08. The van der Waals surface area contributed by atoms with Gasteiger partial charge in [-0.05, 0) is 24.6 Å². The molecular weight excluding hydrogens is 186 g/mol. The monoisotopic (exact) mass is 197 g/mol. The fourth-order valence-electron chi connectivity index (χ4n) is 1.07. The molecule has 0 spiro atoms. The zero-order valence-corrected chi connectivity index (χ0v) is 8.45. The maximum atomic E-state index is 10.5. The third-order valence-electron chi connectivity index (χ3n) is 2.13. The Hall–Kier alpha value is -1.02. The van der Waals surface area contributed by atoms with Crippen LogP contribution in [0.1, 0.15) is 18.5 Å². The second kappa shape index (κ2) is 4.28. The Balaban J connectivity index is 2.82. The minimum absolute atomic E-state index is 0.0924. The van der Waals surface area contributed by atoms with E-state index in [2.05, 4.69) is 0 Å². The van der Waals surface area contributed by atoms with Crippen LogP contribution in [0.2, 0.25) is 5.02 Å². The van der Waals surface area contributed by atoms with Crippen LogP contribution in [0, 0.1) is 0 Å². The van der Waals surface area contributed by atoms with Crippen LogP contribution < -0.4 is 0 Å². The minimum atomic E-state index is 0.0924. The molecule has 1 unspecified atom stereocenters. The number of amides is 1. The molecule has 0 aliphatic carbocycles. The molecule has 2 nitrogen and oxygen atoms in total. The summed E-state index contributed by atoms with van der Waals surface area (Å²) in [6, 6.07) is 7.59. The zero-order valence-electron chi connectivity index (χ0n) is 7.70. The van der Waals surface area contributed by atoms with Crippen molar-refractivity contribution >= 4 is 18.0 Å². The Morgan fingerprint density at radius 3 is 2.38 bits per heavy atom. The van der Waals surface area contributed by atoms with E-state index in [1.165, 1.54) is 0 Å². The normalized spacial score (nSPS) is 12.2. The minimum Gasteiger partial charge on any atom is -0.342 e. The lowest BCUT2D eigenvalue weighted by atomic mass is 10.1. The summed E-state index contributed by atoms with van der Waals surface area (Å²) in [5.74, 6) is 0. The van der Waals surface area contributed by atoms with Crippen molar-refractivity contribution < 1.29 is 4.79 Å². The van der Waals surface area contributed by atoms with Crippen molar-refractivity contribution in [1.29, 1.82) is 0 Å². The number of benzene rings is 1. The van der Waals surface area contributed by atoms with Gasteiger partial charge in [-0.25, -0.2) is 0 Å². The zero-order chi connectivity index (χ0) is 9.84. The lowest BCUT2D eigenvalue weighted by molar-refractivity contribution is -0.118. The van der Waals surface area contributed by atoms with Gasteiger partial charge in [0.1, 0.15) is 0 Å². The Kier molecular flexibility index (Phi) is 3.32. The van der Waals surface area contributed by atoms with E-state index < -0.39 is 0 Å². The van der Waals surface area contributed by atoms with Gasteiger partial charge in [0.2, 0.25) is 6.41 Å². The number of hydrogen-bond acceptors (Lipinski definition) is 1. The van der Waals surface area contributed by atoms with Crippen LogP contribution in [0.3, 0.4) is 0 Å². The fraction of sp³-hybridized carbons (Fsp3) is 0.300. The molecule has 0 heterocycles. The van der Waals surface area contributed by atoms with E-state index in [-0.39, 0.29) is 6.04 Å². The van der Waals surface area contributed by atoms with Crippen LogP contribution in [0.25, 0.3) is 0 Å². The molecule has 0 radical (unpaired) electrons. The highest BCUT2D eigenvalue weighted by atomic mass is 35.5. The maximum Gasteiger partial charge on any atom is 0.209 e. The lowest BCUT2D eigenvalue weighted by Crippen LogP contribution is -2.20. The summed E-state index contributed by atoms with van der Waals surface area (Å²) in [6.45, 7) is 1.97. The summed E-state index contributed by atoms with van der Waals surface area (Å²) in [7, 11) is 1.76. The van der Waals surface area contributed by atoms with Gasteiger partial charge in [0.05, 0.1) is 6.04 Å². The molecule has 0 aliphatic heterocycles. The molecule has 70 valence electrons. The molecule has 13 heavy (non-hydrogen) atoms. The van der Waals surface area contributed by atoms with Gasteiger partial charge >= 0.3 is 0 Å². The second-order valence-electron chi connectivity index (χ2n) is 3.00. The van der Waals surface area contributed by atoms with Gasteiger partial charge in [0.25, 0.3) is 0 Å². The number of hydrogen-bond donors (Lipinski definition) is 0. The van der Waals surface area contributed by atoms with E-state index in [0.29, 0.717) is 5.02 Å². The van der Waals surface area contributed by atoms with E-state index in [1.54, 1.807) is 11.9 Å². The van der Waals surface area contributed by atoms with Crippen molar-refractivity contribution in [3.63, 3.8) is 0 Å². The molecule has 0 N–H and O–H groups in total.